The summed E-state index contributed by atoms with van der Waals surface area (Å²) in [5, 5.41) is 21.2. The highest BCUT2D eigenvalue weighted by Crippen LogP contribution is 2.35. The zero-order valence-electron chi connectivity index (χ0n) is 9.41. The van der Waals surface area contributed by atoms with Gasteiger partial charge in [-0.2, -0.15) is 0 Å². The minimum absolute atomic E-state index is 0.00163. The average molecular weight is 292 g/mol. The number of carboxylic acids is 1. The maximum absolute atomic E-state index is 11.0. The smallest absolute Gasteiger partial charge is 0.305 e. The third-order valence-corrected chi connectivity index (χ3v) is 2.70. The predicted molar refractivity (Wildman–Crippen MR) is 66.9 cm³/mol. The van der Waals surface area contributed by atoms with Crippen molar-refractivity contribution in [1.82, 2.24) is 5.32 Å². The molecule has 0 saturated carbocycles. The fourth-order valence-electron chi connectivity index (χ4n) is 1.51. The van der Waals surface area contributed by atoms with E-state index >= 15 is 0 Å². The van der Waals surface area contributed by atoms with Gasteiger partial charge >= 0.3 is 5.97 Å². The van der Waals surface area contributed by atoms with Crippen LogP contribution >= 0.6 is 23.2 Å². The van der Waals surface area contributed by atoms with Crippen molar-refractivity contribution in [2.24, 2.45) is 0 Å². The number of nitrogens with one attached hydrogen (secondary N) is 1. The molecule has 1 amide bonds. The maximum Gasteiger partial charge on any atom is 0.305 e. The molecule has 98 valence electrons. The molecule has 0 aliphatic rings. The lowest BCUT2D eigenvalue weighted by atomic mass is 10.0. The van der Waals surface area contributed by atoms with Crippen LogP contribution in [0.3, 0.4) is 0 Å². The van der Waals surface area contributed by atoms with Crippen molar-refractivity contribution in [3.05, 3.63) is 27.7 Å². The molecule has 7 heteroatoms. The number of aliphatic carboxylic acids is 1. The van der Waals surface area contributed by atoms with Crippen molar-refractivity contribution in [2.45, 2.75) is 19.4 Å². The molecule has 18 heavy (non-hydrogen) atoms. The Morgan fingerprint density at radius 1 is 1.39 bits per heavy atom. The van der Waals surface area contributed by atoms with E-state index < -0.39 is 17.9 Å². The number of halogens is 2. The quantitative estimate of drug-likeness (QED) is 0.795. The summed E-state index contributed by atoms with van der Waals surface area (Å²) in [6.45, 7) is 1.25. The minimum atomic E-state index is -1.12. The minimum Gasteiger partial charge on any atom is -0.506 e. The molecule has 0 saturated heterocycles. The van der Waals surface area contributed by atoms with Gasteiger partial charge in [-0.05, 0) is 12.1 Å². The summed E-state index contributed by atoms with van der Waals surface area (Å²) in [6, 6.07) is 1.80. The van der Waals surface area contributed by atoms with Crippen LogP contribution in [-0.4, -0.2) is 22.1 Å². The molecule has 0 spiro atoms. The Balaban J connectivity index is 3.19. The number of phenolic OH excluding ortho intramolecular Hbond substituents is 1. The number of carbonyl (C=O) groups excluding carboxylic acids is 1. The monoisotopic (exact) mass is 291 g/mol. The first-order chi connectivity index (χ1) is 8.31. The average Bonchev–Trinajstić information content (AvgIpc) is 2.21. The number of phenols is 1. The fourth-order valence-corrected chi connectivity index (χ4v) is 2.02. The van der Waals surface area contributed by atoms with Gasteiger partial charge in [-0.3, -0.25) is 9.59 Å². The van der Waals surface area contributed by atoms with Crippen LogP contribution in [0.25, 0.3) is 0 Å². The Labute approximate surface area is 113 Å². The molecule has 3 N–H and O–H groups in total. The molecule has 0 aliphatic carbocycles. The lowest BCUT2D eigenvalue weighted by molar-refractivity contribution is -0.137. The first-order valence-corrected chi connectivity index (χ1v) is 5.73. The number of hydrogen-bond donors (Lipinski definition) is 3. The highest BCUT2D eigenvalue weighted by Gasteiger charge is 2.21. The van der Waals surface area contributed by atoms with E-state index in [1.807, 2.05) is 0 Å². The molecule has 0 aliphatic heterocycles. The van der Waals surface area contributed by atoms with Gasteiger partial charge in [-0.15, -0.1) is 0 Å². The summed E-state index contributed by atoms with van der Waals surface area (Å²) in [7, 11) is 0. The van der Waals surface area contributed by atoms with E-state index in [1.165, 1.54) is 19.1 Å². The van der Waals surface area contributed by atoms with Crippen LogP contribution in [0.15, 0.2) is 12.1 Å². The van der Waals surface area contributed by atoms with Gasteiger partial charge in [-0.1, -0.05) is 23.2 Å². The van der Waals surface area contributed by atoms with E-state index in [2.05, 4.69) is 5.32 Å². The standard InChI is InChI=1S/C11H11Cl2NO4/c1-5(15)14-9(4-10(16)17)7-2-6(12)3-8(13)11(7)18/h2-3,9,18H,4H2,1H3,(H,14,15)(H,16,17)/t9-/m0/s1. The highest BCUT2D eigenvalue weighted by molar-refractivity contribution is 6.35. The Bertz CT molecular complexity index is 474. The number of carboxylic acid groups (broad SMARTS) is 1. The molecular formula is C11H11Cl2NO4. The molecule has 0 aromatic heterocycles. The van der Waals surface area contributed by atoms with E-state index in [0.717, 1.165) is 0 Å². The number of hydrogen-bond acceptors (Lipinski definition) is 3. The van der Waals surface area contributed by atoms with Gasteiger partial charge in [0.15, 0.2) is 0 Å². The molecule has 1 aromatic rings. The number of carbonyl (C=O) groups is 2. The third kappa shape index (κ3) is 3.78. The van der Waals surface area contributed by atoms with Crippen molar-refractivity contribution in [2.75, 3.05) is 0 Å². The molecule has 1 rings (SSSR count). The Morgan fingerprint density at radius 3 is 2.50 bits per heavy atom. The lowest BCUT2D eigenvalue weighted by Crippen LogP contribution is -2.28. The molecule has 0 bridgehead atoms. The van der Waals surface area contributed by atoms with Crippen LogP contribution < -0.4 is 5.32 Å². The van der Waals surface area contributed by atoms with E-state index in [9.17, 15) is 14.7 Å². The van der Waals surface area contributed by atoms with Crippen LogP contribution in [0.5, 0.6) is 5.75 Å². The molecule has 0 radical (unpaired) electrons. The normalized spacial score (nSPS) is 11.9. The van der Waals surface area contributed by atoms with E-state index in [1.54, 1.807) is 0 Å². The van der Waals surface area contributed by atoms with Crippen LogP contribution in [0.2, 0.25) is 10.0 Å². The van der Waals surface area contributed by atoms with Crippen LogP contribution in [0.1, 0.15) is 24.9 Å². The first kappa shape index (κ1) is 14.6. The summed E-state index contributed by atoms with van der Waals surface area (Å²) < 4.78 is 0. The Hall–Kier alpha value is -1.46. The van der Waals surface area contributed by atoms with Crippen molar-refractivity contribution in [1.29, 1.82) is 0 Å². The van der Waals surface area contributed by atoms with Crippen molar-refractivity contribution >= 4 is 35.1 Å². The molecular weight excluding hydrogens is 281 g/mol. The van der Waals surface area contributed by atoms with Crippen LogP contribution in [-0.2, 0) is 9.59 Å². The van der Waals surface area contributed by atoms with Gasteiger partial charge in [0, 0.05) is 17.5 Å². The maximum atomic E-state index is 11.0. The van der Waals surface area contributed by atoms with Crippen molar-refractivity contribution in [3.8, 4) is 5.75 Å². The molecule has 5 nitrogen and oxygen atoms in total. The molecule has 0 fully saturated rings. The third-order valence-electron chi connectivity index (χ3n) is 2.19. The van der Waals surface area contributed by atoms with E-state index in [0.29, 0.717) is 0 Å². The number of amides is 1. The van der Waals surface area contributed by atoms with Crippen molar-refractivity contribution in [3.63, 3.8) is 0 Å². The lowest BCUT2D eigenvalue weighted by Gasteiger charge is -2.18. The van der Waals surface area contributed by atoms with Gasteiger partial charge < -0.3 is 15.5 Å². The zero-order chi connectivity index (χ0) is 13.9. The summed E-state index contributed by atoms with van der Waals surface area (Å²) in [5.74, 6) is -1.83. The summed E-state index contributed by atoms with van der Waals surface area (Å²) in [4.78, 5) is 21.8. The molecule has 1 aromatic carbocycles. The topological polar surface area (TPSA) is 86.6 Å². The molecule has 1 atom stereocenters. The predicted octanol–water partition coefficient (Wildman–Crippen LogP) is 2.35. The van der Waals surface area contributed by atoms with Gasteiger partial charge in [-0.25, -0.2) is 0 Å². The van der Waals surface area contributed by atoms with Crippen LogP contribution in [0.4, 0.5) is 0 Å². The van der Waals surface area contributed by atoms with E-state index in [-0.39, 0.29) is 27.8 Å². The summed E-state index contributed by atoms with van der Waals surface area (Å²) in [5.41, 5.74) is 0.171. The second kappa shape index (κ2) is 5.93. The van der Waals surface area contributed by atoms with Gasteiger partial charge in [0.05, 0.1) is 17.5 Å². The second-order valence-electron chi connectivity index (χ2n) is 3.68. The van der Waals surface area contributed by atoms with Gasteiger partial charge in [0.2, 0.25) is 5.91 Å². The Kier molecular flexibility index (Phi) is 4.81. The number of rotatable bonds is 4. The largest absolute Gasteiger partial charge is 0.506 e. The summed E-state index contributed by atoms with van der Waals surface area (Å²) >= 11 is 11.5. The van der Waals surface area contributed by atoms with Crippen LogP contribution in [0, 0.1) is 0 Å². The molecule has 0 heterocycles. The fraction of sp³-hybridized carbons (Fsp3) is 0.273. The molecule has 0 unspecified atom stereocenters. The zero-order valence-corrected chi connectivity index (χ0v) is 10.9. The Morgan fingerprint density at radius 2 is 2.00 bits per heavy atom. The number of benzene rings is 1. The second-order valence-corrected chi connectivity index (χ2v) is 4.52. The van der Waals surface area contributed by atoms with Crippen molar-refractivity contribution < 1.29 is 19.8 Å². The van der Waals surface area contributed by atoms with Gasteiger partial charge in [0.1, 0.15) is 5.75 Å². The number of aromatic hydroxyl groups is 1. The van der Waals surface area contributed by atoms with E-state index in [4.69, 9.17) is 28.3 Å². The van der Waals surface area contributed by atoms with Gasteiger partial charge in [0.25, 0.3) is 0 Å². The highest BCUT2D eigenvalue weighted by atomic mass is 35.5. The SMILES string of the molecule is CC(=O)N[C@@H](CC(=O)O)c1cc(Cl)cc(Cl)c1O. The first-order valence-electron chi connectivity index (χ1n) is 4.98. The summed E-state index contributed by atoms with van der Waals surface area (Å²) in [6.07, 6.45) is -0.385.